The molecule has 0 spiro atoms. The molecular formula is C19H25NO3S. The molecule has 2 aromatic carbocycles. The zero-order valence-electron chi connectivity index (χ0n) is 14.3. The average molecular weight is 347 g/mol. The van der Waals surface area contributed by atoms with Crippen molar-refractivity contribution in [3.63, 3.8) is 0 Å². The van der Waals surface area contributed by atoms with Gasteiger partial charge in [0.05, 0.1) is 11.9 Å². The highest BCUT2D eigenvalue weighted by molar-refractivity contribution is 7.87. The Morgan fingerprint density at radius 2 is 1.33 bits per heavy atom. The van der Waals surface area contributed by atoms with Crippen molar-refractivity contribution in [1.29, 1.82) is 0 Å². The summed E-state index contributed by atoms with van der Waals surface area (Å²) in [6.45, 7) is 5.47. The first-order chi connectivity index (χ1) is 11.5. The van der Waals surface area contributed by atoms with E-state index < -0.39 is 15.4 Å². The Hall–Kier alpha value is -1.69. The van der Waals surface area contributed by atoms with Crippen molar-refractivity contribution in [3.05, 3.63) is 71.8 Å². The smallest absolute Gasteiger partial charge is 0.269 e. The van der Waals surface area contributed by atoms with E-state index in [4.69, 9.17) is 4.18 Å². The standard InChI is InChI=1S/C19H25NO3S/c1-17(2)24(21,22)23-14-13-20(15-18-9-5-3-6-10-18)16-19-11-7-4-8-12-19/h3-12,17H,13-16H2,1-2H3. The van der Waals surface area contributed by atoms with Gasteiger partial charge in [0.1, 0.15) is 0 Å². The van der Waals surface area contributed by atoms with Crippen LogP contribution in [0.1, 0.15) is 25.0 Å². The highest BCUT2D eigenvalue weighted by Gasteiger charge is 2.17. The molecule has 0 saturated heterocycles. The van der Waals surface area contributed by atoms with E-state index in [1.807, 2.05) is 36.4 Å². The van der Waals surface area contributed by atoms with Gasteiger partial charge in [-0.2, -0.15) is 8.42 Å². The van der Waals surface area contributed by atoms with E-state index in [0.717, 1.165) is 13.1 Å². The predicted octanol–water partition coefficient (Wildman–Crippen LogP) is 3.44. The molecule has 0 unspecified atom stereocenters. The third kappa shape index (κ3) is 6.07. The summed E-state index contributed by atoms with van der Waals surface area (Å²) >= 11 is 0. The van der Waals surface area contributed by atoms with E-state index >= 15 is 0 Å². The van der Waals surface area contributed by atoms with Crippen molar-refractivity contribution >= 4 is 10.1 Å². The Bertz CT molecular complexity index is 658. The predicted molar refractivity (Wildman–Crippen MR) is 97.0 cm³/mol. The van der Waals surface area contributed by atoms with Crippen LogP contribution in [0, 0.1) is 0 Å². The van der Waals surface area contributed by atoms with Gasteiger partial charge in [0, 0.05) is 19.6 Å². The van der Waals surface area contributed by atoms with Crippen LogP contribution in [0.4, 0.5) is 0 Å². The molecule has 0 aliphatic heterocycles. The van der Waals surface area contributed by atoms with Crippen LogP contribution < -0.4 is 0 Å². The maximum absolute atomic E-state index is 11.8. The van der Waals surface area contributed by atoms with Gasteiger partial charge < -0.3 is 0 Å². The maximum Gasteiger partial charge on any atom is 0.269 e. The molecule has 0 aromatic heterocycles. The lowest BCUT2D eigenvalue weighted by atomic mass is 10.1. The number of hydrogen-bond donors (Lipinski definition) is 0. The zero-order valence-corrected chi connectivity index (χ0v) is 15.1. The van der Waals surface area contributed by atoms with Crippen LogP contribution in [-0.4, -0.2) is 31.7 Å². The molecule has 4 nitrogen and oxygen atoms in total. The molecule has 0 amide bonds. The molecule has 24 heavy (non-hydrogen) atoms. The van der Waals surface area contributed by atoms with Crippen LogP contribution in [0.5, 0.6) is 0 Å². The molecule has 0 aliphatic rings. The van der Waals surface area contributed by atoms with Gasteiger partial charge in [-0.1, -0.05) is 60.7 Å². The van der Waals surface area contributed by atoms with Crippen LogP contribution in [0.2, 0.25) is 0 Å². The number of benzene rings is 2. The summed E-state index contributed by atoms with van der Waals surface area (Å²) in [6.07, 6.45) is 0. The van der Waals surface area contributed by atoms with Crippen molar-refractivity contribution in [2.45, 2.75) is 32.2 Å². The van der Waals surface area contributed by atoms with Crippen molar-refractivity contribution < 1.29 is 12.6 Å². The number of nitrogens with zero attached hydrogens (tertiary/aromatic N) is 1. The maximum atomic E-state index is 11.8. The zero-order chi connectivity index (χ0) is 17.4. The summed E-state index contributed by atoms with van der Waals surface area (Å²) < 4.78 is 28.7. The molecule has 0 heterocycles. The SMILES string of the molecule is CC(C)S(=O)(=O)OCCN(Cc1ccccc1)Cc1ccccc1. The van der Waals surface area contributed by atoms with E-state index in [1.165, 1.54) is 11.1 Å². The van der Waals surface area contributed by atoms with Gasteiger partial charge in [-0.25, -0.2) is 0 Å². The topological polar surface area (TPSA) is 46.6 Å². The van der Waals surface area contributed by atoms with E-state index in [0.29, 0.717) is 6.54 Å². The van der Waals surface area contributed by atoms with Crippen LogP contribution in [0.3, 0.4) is 0 Å². The summed E-state index contributed by atoms with van der Waals surface area (Å²) in [5, 5.41) is -0.519. The lowest BCUT2D eigenvalue weighted by molar-refractivity contribution is 0.198. The quantitative estimate of drug-likeness (QED) is 0.652. The third-order valence-corrected chi connectivity index (χ3v) is 5.38. The Labute approximate surface area is 145 Å². The molecule has 0 saturated carbocycles. The van der Waals surface area contributed by atoms with Gasteiger partial charge in [0.15, 0.2) is 0 Å². The Balaban J connectivity index is 1.99. The van der Waals surface area contributed by atoms with E-state index in [-0.39, 0.29) is 6.61 Å². The van der Waals surface area contributed by atoms with Crippen molar-refractivity contribution in [3.8, 4) is 0 Å². The van der Waals surface area contributed by atoms with Crippen molar-refractivity contribution in [2.24, 2.45) is 0 Å². The van der Waals surface area contributed by atoms with Crippen LogP contribution in [0.25, 0.3) is 0 Å². The minimum atomic E-state index is -3.47. The fourth-order valence-electron chi connectivity index (χ4n) is 2.32. The van der Waals surface area contributed by atoms with E-state index in [2.05, 4.69) is 29.2 Å². The monoisotopic (exact) mass is 347 g/mol. The molecule has 0 aliphatic carbocycles. The summed E-state index contributed by atoms with van der Waals surface area (Å²) in [4.78, 5) is 2.19. The van der Waals surface area contributed by atoms with Gasteiger partial charge in [-0.05, 0) is 25.0 Å². The largest absolute Gasteiger partial charge is 0.292 e. The Kier molecular flexibility index (Phi) is 6.97. The summed E-state index contributed by atoms with van der Waals surface area (Å²) in [5.41, 5.74) is 2.39. The lowest BCUT2D eigenvalue weighted by Gasteiger charge is -2.22. The highest BCUT2D eigenvalue weighted by atomic mass is 32.2. The van der Waals surface area contributed by atoms with Gasteiger partial charge in [0.2, 0.25) is 0 Å². The summed E-state index contributed by atoms with van der Waals surface area (Å²) in [5.74, 6) is 0. The normalized spacial score (nSPS) is 12.0. The first-order valence-electron chi connectivity index (χ1n) is 8.16. The third-order valence-electron chi connectivity index (χ3n) is 3.73. The van der Waals surface area contributed by atoms with Gasteiger partial charge in [0.25, 0.3) is 10.1 Å². The second kappa shape index (κ2) is 8.97. The molecule has 0 bridgehead atoms. The molecule has 2 aromatic rings. The molecule has 0 fully saturated rings. The second-order valence-corrected chi connectivity index (χ2v) is 8.21. The number of hydrogen-bond acceptors (Lipinski definition) is 4. The number of rotatable bonds is 9. The molecule has 0 atom stereocenters. The fourth-order valence-corrected chi connectivity index (χ4v) is 2.89. The highest BCUT2D eigenvalue weighted by Crippen LogP contribution is 2.11. The molecule has 0 radical (unpaired) electrons. The first kappa shape index (κ1) is 18.6. The second-order valence-electron chi connectivity index (χ2n) is 6.05. The van der Waals surface area contributed by atoms with Gasteiger partial charge in [-0.15, -0.1) is 0 Å². The fraction of sp³-hybridized carbons (Fsp3) is 0.368. The summed E-state index contributed by atoms with van der Waals surface area (Å²) in [6, 6.07) is 20.3. The molecule has 2 rings (SSSR count). The van der Waals surface area contributed by atoms with E-state index in [1.54, 1.807) is 13.8 Å². The minimum Gasteiger partial charge on any atom is -0.292 e. The summed E-state index contributed by atoms with van der Waals surface area (Å²) in [7, 11) is -3.47. The molecular weight excluding hydrogens is 322 g/mol. The minimum absolute atomic E-state index is 0.167. The molecule has 5 heteroatoms. The lowest BCUT2D eigenvalue weighted by Crippen LogP contribution is -2.29. The van der Waals surface area contributed by atoms with Gasteiger partial charge >= 0.3 is 0 Å². The average Bonchev–Trinajstić information content (AvgIpc) is 2.56. The van der Waals surface area contributed by atoms with Crippen molar-refractivity contribution in [2.75, 3.05) is 13.2 Å². The Morgan fingerprint density at radius 1 is 0.875 bits per heavy atom. The Morgan fingerprint density at radius 3 is 1.75 bits per heavy atom. The first-order valence-corrected chi connectivity index (χ1v) is 9.63. The van der Waals surface area contributed by atoms with Gasteiger partial charge in [-0.3, -0.25) is 9.08 Å². The van der Waals surface area contributed by atoms with Crippen molar-refractivity contribution in [1.82, 2.24) is 4.90 Å². The molecule has 0 N–H and O–H groups in total. The van der Waals surface area contributed by atoms with Crippen LogP contribution in [-0.2, 0) is 27.4 Å². The van der Waals surface area contributed by atoms with E-state index in [9.17, 15) is 8.42 Å². The van der Waals surface area contributed by atoms with Crippen LogP contribution >= 0.6 is 0 Å². The van der Waals surface area contributed by atoms with Crippen LogP contribution in [0.15, 0.2) is 60.7 Å². The molecule has 130 valence electrons.